The molecule has 176 valence electrons. The first kappa shape index (κ1) is 27.6. The minimum absolute atomic E-state index is 0.0722. The van der Waals surface area contributed by atoms with Gasteiger partial charge in [-0.2, -0.15) is 0 Å². The molecule has 3 heteroatoms. The van der Waals surface area contributed by atoms with Gasteiger partial charge in [-0.25, -0.2) is 0 Å². The van der Waals surface area contributed by atoms with Crippen LogP contribution in [0.25, 0.3) is 0 Å². The molecule has 0 spiro atoms. The van der Waals surface area contributed by atoms with Gasteiger partial charge in [-0.05, 0) is 86.6 Å². The Bertz CT molecular complexity index is 664. The van der Waals surface area contributed by atoms with Crippen molar-refractivity contribution in [2.75, 3.05) is 32.7 Å². The van der Waals surface area contributed by atoms with Crippen molar-refractivity contribution in [2.24, 2.45) is 0 Å². The molecule has 1 fully saturated rings. The summed E-state index contributed by atoms with van der Waals surface area (Å²) in [6, 6.07) is 0.0722. The Morgan fingerprint density at radius 2 is 1.29 bits per heavy atom. The first-order chi connectivity index (χ1) is 14.7. The fraction of sp³-hybridized carbons (Fsp3) is 0.679. The summed E-state index contributed by atoms with van der Waals surface area (Å²) in [4.78, 5) is 16.7. The van der Waals surface area contributed by atoms with E-state index in [4.69, 9.17) is 0 Å². The van der Waals surface area contributed by atoms with Crippen LogP contribution in [0.5, 0.6) is 0 Å². The van der Waals surface area contributed by atoms with Crippen LogP contribution in [-0.4, -0.2) is 54.3 Å². The number of hydrogen-bond acceptors (Lipinski definition) is 3. The second kappa shape index (κ2) is 15.4. The smallest absolute Gasteiger partial charge is 0.148 e. The van der Waals surface area contributed by atoms with Gasteiger partial charge in [-0.3, -0.25) is 14.6 Å². The molecule has 1 unspecified atom stereocenters. The van der Waals surface area contributed by atoms with Gasteiger partial charge in [-0.15, -0.1) is 0 Å². The van der Waals surface area contributed by atoms with E-state index >= 15 is 0 Å². The molecule has 0 aromatic carbocycles. The SMILES string of the molecule is CCN1CCN(CC=C(C)CCC=C(C)CCC=C(C)CCC=C(C)C)CC1C(C)=O. The predicted octanol–water partition coefficient (Wildman–Crippen LogP) is 6.73. The number of ketones is 1. The van der Waals surface area contributed by atoms with Crippen LogP contribution < -0.4 is 0 Å². The van der Waals surface area contributed by atoms with Gasteiger partial charge >= 0.3 is 0 Å². The van der Waals surface area contributed by atoms with Crippen LogP contribution in [0.3, 0.4) is 0 Å². The molecule has 0 saturated carbocycles. The molecule has 0 aromatic rings. The number of piperazine rings is 1. The van der Waals surface area contributed by atoms with E-state index in [2.05, 4.69) is 75.6 Å². The Balaban J connectivity index is 2.32. The van der Waals surface area contributed by atoms with Crippen LogP contribution >= 0.6 is 0 Å². The largest absolute Gasteiger partial charge is 0.298 e. The zero-order valence-corrected chi connectivity index (χ0v) is 21.5. The molecule has 1 aliphatic rings. The van der Waals surface area contributed by atoms with E-state index in [1.165, 1.54) is 28.7 Å². The topological polar surface area (TPSA) is 23.6 Å². The monoisotopic (exact) mass is 428 g/mol. The highest BCUT2D eigenvalue weighted by atomic mass is 16.1. The lowest BCUT2D eigenvalue weighted by molar-refractivity contribution is -0.124. The molecule has 1 saturated heterocycles. The summed E-state index contributed by atoms with van der Waals surface area (Å²) in [6.45, 7) is 19.8. The van der Waals surface area contributed by atoms with Crippen molar-refractivity contribution in [1.82, 2.24) is 9.80 Å². The Hall–Kier alpha value is -1.45. The second-order valence-corrected chi connectivity index (χ2v) is 9.56. The molecule has 3 nitrogen and oxygen atoms in total. The Morgan fingerprint density at radius 1 is 0.774 bits per heavy atom. The van der Waals surface area contributed by atoms with Crippen molar-refractivity contribution < 1.29 is 4.79 Å². The van der Waals surface area contributed by atoms with Crippen LogP contribution in [-0.2, 0) is 4.79 Å². The number of Topliss-reactive ketones (excluding diaryl/α,β-unsaturated/α-hetero) is 1. The van der Waals surface area contributed by atoms with Crippen LogP contribution in [0, 0.1) is 0 Å². The molecular formula is C28H48N2O. The van der Waals surface area contributed by atoms with Gasteiger partial charge in [-0.1, -0.05) is 53.5 Å². The predicted molar refractivity (Wildman–Crippen MR) is 137 cm³/mol. The number of hydrogen-bond donors (Lipinski definition) is 0. The quantitative estimate of drug-likeness (QED) is 0.304. The molecule has 0 N–H and O–H groups in total. The minimum Gasteiger partial charge on any atom is -0.298 e. The fourth-order valence-electron chi connectivity index (χ4n) is 4.08. The summed E-state index contributed by atoms with van der Waals surface area (Å²) >= 11 is 0. The Morgan fingerprint density at radius 3 is 1.77 bits per heavy atom. The van der Waals surface area contributed by atoms with E-state index in [1.807, 2.05) is 0 Å². The van der Waals surface area contributed by atoms with Gasteiger partial charge in [0.2, 0.25) is 0 Å². The number of likely N-dealkylation sites (N-methyl/N-ethyl adjacent to an activating group) is 1. The maximum absolute atomic E-state index is 11.9. The lowest BCUT2D eigenvalue weighted by Gasteiger charge is -2.39. The lowest BCUT2D eigenvalue weighted by atomic mass is 10.0. The van der Waals surface area contributed by atoms with Crippen molar-refractivity contribution in [2.45, 2.75) is 93.0 Å². The summed E-state index contributed by atoms with van der Waals surface area (Å²) in [5.74, 6) is 0.297. The zero-order valence-electron chi connectivity index (χ0n) is 21.5. The Labute approximate surface area is 193 Å². The van der Waals surface area contributed by atoms with Crippen molar-refractivity contribution in [1.29, 1.82) is 0 Å². The first-order valence-electron chi connectivity index (χ1n) is 12.3. The molecule has 0 aromatic heterocycles. The Kier molecular flexibility index (Phi) is 13.7. The third-order valence-corrected chi connectivity index (χ3v) is 6.30. The molecule has 31 heavy (non-hydrogen) atoms. The molecule has 0 amide bonds. The van der Waals surface area contributed by atoms with E-state index in [1.54, 1.807) is 6.92 Å². The minimum atomic E-state index is 0.0722. The first-order valence-corrected chi connectivity index (χ1v) is 12.3. The van der Waals surface area contributed by atoms with Crippen LogP contribution in [0.2, 0.25) is 0 Å². The highest BCUT2D eigenvalue weighted by molar-refractivity contribution is 5.81. The number of allylic oxidation sites excluding steroid dienone is 7. The number of carbonyl (C=O) groups is 1. The summed E-state index contributed by atoms with van der Waals surface area (Å²) < 4.78 is 0. The molecule has 1 atom stereocenters. The van der Waals surface area contributed by atoms with Crippen molar-refractivity contribution in [3.63, 3.8) is 0 Å². The van der Waals surface area contributed by atoms with Crippen molar-refractivity contribution in [3.8, 4) is 0 Å². The standard InChI is InChI=1S/C28H48N2O/c1-8-30-21-20-29(22-28(30)27(7)31)19-18-26(6)17-11-16-25(5)15-10-14-24(4)13-9-12-23(2)3/h12,14,16,18,28H,8-11,13,15,17,19-22H2,1-7H3. The maximum Gasteiger partial charge on any atom is 0.148 e. The number of nitrogens with zero attached hydrogens (tertiary/aromatic N) is 2. The number of carbonyl (C=O) groups excluding carboxylic acids is 1. The maximum atomic E-state index is 11.9. The van der Waals surface area contributed by atoms with Crippen LogP contribution in [0.1, 0.15) is 87.0 Å². The molecule has 0 bridgehead atoms. The second-order valence-electron chi connectivity index (χ2n) is 9.56. The zero-order chi connectivity index (χ0) is 23.2. The molecule has 0 aliphatic carbocycles. The average Bonchev–Trinajstić information content (AvgIpc) is 2.71. The van der Waals surface area contributed by atoms with Gasteiger partial charge in [0.15, 0.2) is 0 Å². The van der Waals surface area contributed by atoms with E-state index in [0.717, 1.165) is 64.8 Å². The average molecular weight is 429 g/mol. The summed E-state index contributed by atoms with van der Waals surface area (Å²) in [6.07, 6.45) is 16.4. The molecule has 1 heterocycles. The lowest BCUT2D eigenvalue weighted by Crippen LogP contribution is -2.55. The van der Waals surface area contributed by atoms with E-state index < -0.39 is 0 Å². The van der Waals surface area contributed by atoms with Crippen molar-refractivity contribution in [3.05, 3.63) is 46.6 Å². The van der Waals surface area contributed by atoms with Crippen LogP contribution in [0.4, 0.5) is 0 Å². The molecule has 0 radical (unpaired) electrons. The number of rotatable bonds is 13. The summed E-state index contributed by atoms with van der Waals surface area (Å²) in [7, 11) is 0. The highest BCUT2D eigenvalue weighted by Crippen LogP contribution is 2.15. The molecule has 1 rings (SSSR count). The van der Waals surface area contributed by atoms with Gasteiger partial charge in [0.05, 0.1) is 6.04 Å². The highest BCUT2D eigenvalue weighted by Gasteiger charge is 2.28. The van der Waals surface area contributed by atoms with Gasteiger partial charge < -0.3 is 0 Å². The normalized spacial score (nSPS) is 19.6. The fourth-order valence-corrected chi connectivity index (χ4v) is 4.08. The van der Waals surface area contributed by atoms with E-state index in [0.29, 0.717) is 5.78 Å². The summed E-state index contributed by atoms with van der Waals surface area (Å²) in [5.41, 5.74) is 5.88. The van der Waals surface area contributed by atoms with E-state index in [9.17, 15) is 4.79 Å². The third-order valence-electron chi connectivity index (χ3n) is 6.30. The summed E-state index contributed by atoms with van der Waals surface area (Å²) in [5, 5.41) is 0. The van der Waals surface area contributed by atoms with E-state index in [-0.39, 0.29) is 6.04 Å². The van der Waals surface area contributed by atoms with Crippen LogP contribution in [0.15, 0.2) is 46.6 Å². The third kappa shape index (κ3) is 12.2. The van der Waals surface area contributed by atoms with Gasteiger partial charge in [0, 0.05) is 26.2 Å². The molecule has 1 aliphatic heterocycles. The molecular weight excluding hydrogens is 380 g/mol. The van der Waals surface area contributed by atoms with Gasteiger partial charge in [0.1, 0.15) is 5.78 Å². The van der Waals surface area contributed by atoms with Crippen molar-refractivity contribution >= 4 is 5.78 Å². The van der Waals surface area contributed by atoms with Gasteiger partial charge in [0.25, 0.3) is 0 Å².